The zero-order valence-electron chi connectivity index (χ0n) is 7.84. The fraction of sp³-hybridized carbons (Fsp3) is 0.750. The van der Waals surface area contributed by atoms with Gasteiger partial charge in [0.2, 0.25) is 11.8 Å². The van der Waals surface area contributed by atoms with Gasteiger partial charge in [0.15, 0.2) is 0 Å². The van der Waals surface area contributed by atoms with Crippen LogP contribution < -0.4 is 11.1 Å². The Morgan fingerprint density at radius 3 is 2.38 bits per heavy atom. The highest BCUT2D eigenvalue weighted by Crippen LogP contribution is 1.93. The van der Waals surface area contributed by atoms with Crippen molar-refractivity contribution in [3.05, 3.63) is 0 Å². The molecule has 0 saturated carbocycles. The maximum Gasteiger partial charge on any atom is 0.220 e. The lowest BCUT2D eigenvalue weighted by Crippen LogP contribution is -2.24. The van der Waals surface area contributed by atoms with Crippen molar-refractivity contribution in [2.75, 3.05) is 6.54 Å². The summed E-state index contributed by atoms with van der Waals surface area (Å²) < 4.78 is 0. The lowest BCUT2D eigenvalue weighted by molar-refractivity contribution is -0.121. The van der Waals surface area contributed by atoms with Gasteiger partial charge in [0, 0.05) is 19.4 Å². The highest BCUT2D eigenvalue weighted by molar-refractivity contribution is 5.85. The van der Waals surface area contributed by atoms with Gasteiger partial charge in [0.05, 0.1) is 0 Å². The van der Waals surface area contributed by atoms with Gasteiger partial charge in [0.1, 0.15) is 0 Å². The Kier molecular flexibility index (Phi) is 10.6. The largest absolute Gasteiger partial charge is 0.370 e. The first-order chi connectivity index (χ1) is 5.66. The first kappa shape index (κ1) is 14.7. The minimum atomic E-state index is -0.349. The van der Waals surface area contributed by atoms with E-state index in [-0.39, 0.29) is 24.2 Å². The van der Waals surface area contributed by atoms with Crippen molar-refractivity contribution in [1.29, 1.82) is 0 Å². The van der Waals surface area contributed by atoms with Crippen molar-refractivity contribution in [1.82, 2.24) is 5.32 Å². The summed E-state index contributed by atoms with van der Waals surface area (Å²) in [6, 6.07) is 0. The van der Waals surface area contributed by atoms with E-state index in [1.807, 2.05) is 6.92 Å². The molecule has 5 heteroatoms. The maximum atomic E-state index is 10.9. The fourth-order valence-electron chi connectivity index (χ4n) is 0.776. The van der Waals surface area contributed by atoms with Crippen molar-refractivity contribution in [3.8, 4) is 0 Å². The predicted molar refractivity (Wildman–Crippen MR) is 53.6 cm³/mol. The van der Waals surface area contributed by atoms with Gasteiger partial charge in [-0.05, 0) is 12.8 Å². The number of nitrogens with two attached hydrogens (primary N) is 1. The van der Waals surface area contributed by atoms with E-state index in [9.17, 15) is 9.59 Å². The molecule has 0 unspecified atom stereocenters. The fourth-order valence-corrected chi connectivity index (χ4v) is 0.776. The van der Waals surface area contributed by atoms with E-state index in [1.54, 1.807) is 0 Å². The van der Waals surface area contributed by atoms with Crippen molar-refractivity contribution >= 4 is 24.2 Å². The van der Waals surface area contributed by atoms with Crippen LogP contribution in [0.25, 0.3) is 0 Å². The molecule has 0 heterocycles. The molecule has 2 amide bonds. The molecular formula is C8H17ClN2O2. The number of primary amides is 1. The quantitative estimate of drug-likeness (QED) is 0.671. The van der Waals surface area contributed by atoms with Crippen LogP contribution in [-0.4, -0.2) is 18.4 Å². The second-order valence-electron chi connectivity index (χ2n) is 2.67. The van der Waals surface area contributed by atoms with Crippen LogP contribution in [0, 0.1) is 0 Å². The topological polar surface area (TPSA) is 72.2 Å². The van der Waals surface area contributed by atoms with Crippen LogP contribution in [0.5, 0.6) is 0 Å². The number of hydrogen-bond donors (Lipinski definition) is 2. The van der Waals surface area contributed by atoms with Crippen LogP contribution in [0.15, 0.2) is 0 Å². The Morgan fingerprint density at radius 2 is 1.92 bits per heavy atom. The molecule has 4 nitrogen and oxygen atoms in total. The Morgan fingerprint density at radius 1 is 1.31 bits per heavy atom. The smallest absolute Gasteiger partial charge is 0.220 e. The number of carbonyl (C=O) groups is 2. The molecule has 3 N–H and O–H groups in total. The summed E-state index contributed by atoms with van der Waals surface area (Å²) in [6.45, 7) is 2.69. The van der Waals surface area contributed by atoms with Gasteiger partial charge in [-0.3, -0.25) is 9.59 Å². The van der Waals surface area contributed by atoms with Gasteiger partial charge in [-0.1, -0.05) is 6.92 Å². The molecule has 0 aliphatic heterocycles. The summed E-state index contributed by atoms with van der Waals surface area (Å²) in [5, 5.41) is 2.72. The Bertz CT molecular complexity index is 162. The molecule has 0 aromatic carbocycles. The first-order valence-corrected chi connectivity index (χ1v) is 4.21. The SMILES string of the molecule is CCCNC(=O)CCCC(N)=O.Cl. The van der Waals surface area contributed by atoms with Crippen molar-refractivity contribution < 1.29 is 9.59 Å². The summed E-state index contributed by atoms with van der Waals surface area (Å²) in [4.78, 5) is 21.2. The van der Waals surface area contributed by atoms with E-state index in [0.717, 1.165) is 6.42 Å². The summed E-state index contributed by atoms with van der Waals surface area (Å²) in [5.74, 6) is -0.351. The molecule has 78 valence electrons. The van der Waals surface area contributed by atoms with Gasteiger partial charge >= 0.3 is 0 Å². The first-order valence-electron chi connectivity index (χ1n) is 4.21. The van der Waals surface area contributed by atoms with Crippen LogP contribution in [-0.2, 0) is 9.59 Å². The minimum absolute atomic E-state index is 0. The molecule has 0 spiro atoms. The lowest BCUT2D eigenvalue weighted by Gasteiger charge is -2.01. The number of nitrogens with one attached hydrogen (secondary N) is 1. The number of carbonyl (C=O) groups excluding carboxylic acids is 2. The highest BCUT2D eigenvalue weighted by Gasteiger charge is 2.00. The summed E-state index contributed by atoms with van der Waals surface area (Å²) in [6.07, 6.45) is 2.16. The molecule has 0 bridgehead atoms. The van der Waals surface area contributed by atoms with Crippen molar-refractivity contribution in [3.63, 3.8) is 0 Å². The Hall–Kier alpha value is -0.770. The van der Waals surface area contributed by atoms with Crippen LogP contribution in [0.3, 0.4) is 0 Å². The molecule has 0 radical (unpaired) electrons. The van der Waals surface area contributed by atoms with Crippen molar-refractivity contribution in [2.24, 2.45) is 5.73 Å². The predicted octanol–water partition coefficient (Wildman–Crippen LogP) is 0.590. The third-order valence-electron chi connectivity index (χ3n) is 1.40. The summed E-state index contributed by atoms with van der Waals surface area (Å²) in [7, 11) is 0. The third kappa shape index (κ3) is 11.2. The Balaban J connectivity index is 0. The summed E-state index contributed by atoms with van der Waals surface area (Å²) >= 11 is 0. The van der Waals surface area contributed by atoms with Crippen LogP contribution in [0.2, 0.25) is 0 Å². The zero-order valence-corrected chi connectivity index (χ0v) is 8.65. The number of rotatable bonds is 6. The molecule has 0 rings (SSSR count). The average molecular weight is 209 g/mol. The molecule has 0 aliphatic carbocycles. The number of amides is 2. The number of hydrogen-bond acceptors (Lipinski definition) is 2. The van der Waals surface area contributed by atoms with E-state index >= 15 is 0 Å². The highest BCUT2D eigenvalue weighted by atomic mass is 35.5. The van der Waals surface area contributed by atoms with Gasteiger partial charge in [-0.15, -0.1) is 12.4 Å². The van der Waals surface area contributed by atoms with Gasteiger partial charge < -0.3 is 11.1 Å². The van der Waals surface area contributed by atoms with E-state index in [2.05, 4.69) is 5.32 Å². The number of halogens is 1. The molecular weight excluding hydrogens is 192 g/mol. The normalized spacial score (nSPS) is 8.69. The Labute approximate surface area is 84.7 Å². The molecule has 0 fully saturated rings. The maximum absolute atomic E-state index is 10.9. The summed E-state index contributed by atoms with van der Waals surface area (Å²) in [5.41, 5.74) is 4.91. The molecule has 0 aromatic heterocycles. The molecule has 0 aliphatic rings. The second kappa shape index (κ2) is 9.32. The molecule has 0 aromatic rings. The van der Waals surface area contributed by atoms with Crippen molar-refractivity contribution in [2.45, 2.75) is 32.6 Å². The van der Waals surface area contributed by atoms with E-state index < -0.39 is 0 Å². The van der Waals surface area contributed by atoms with Crippen LogP contribution >= 0.6 is 12.4 Å². The molecule has 0 saturated heterocycles. The van der Waals surface area contributed by atoms with Crippen LogP contribution in [0.1, 0.15) is 32.6 Å². The van der Waals surface area contributed by atoms with E-state index in [4.69, 9.17) is 5.73 Å². The third-order valence-corrected chi connectivity index (χ3v) is 1.40. The van der Waals surface area contributed by atoms with E-state index in [0.29, 0.717) is 25.8 Å². The van der Waals surface area contributed by atoms with Crippen LogP contribution in [0.4, 0.5) is 0 Å². The molecule has 13 heavy (non-hydrogen) atoms. The van der Waals surface area contributed by atoms with E-state index in [1.165, 1.54) is 0 Å². The monoisotopic (exact) mass is 208 g/mol. The minimum Gasteiger partial charge on any atom is -0.370 e. The average Bonchev–Trinajstić information content (AvgIpc) is 2.00. The van der Waals surface area contributed by atoms with Gasteiger partial charge in [0.25, 0.3) is 0 Å². The lowest BCUT2D eigenvalue weighted by atomic mass is 10.2. The molecule has 0 atom stereocenters. The zero-order chi connectivity index (χ0) is 9.40. The second-order valence-corrected chi connectivity index (χ2v) is 2.67. The standard InChI is InChI=1S/C8H16N2O2.ClH/c1-2-6-10-8(12)5-3-4-7(9)11;/h2-6H2,1H3,(H2,9,11)(H,10,12);1H. The van der Waals surface area contributed by atoms with Gasteiger partial charge in [-0.25, -0.2) is 0 Å². The van der Waals surface area contributed by atoms with Gasteiger partial charge in [-0.2, -0.15) is 0 Å².